The molecule has 0 saturated heterocycles. The summed E-state index contributed by atoms with van der Waals surface area (Å²) in [6, 6.07) is 6.92. The lowest BCUT2D eigenvalue weighted by molar-refractivity contribution is 0.322. The van der Waals surface area contributed by atoms with Gasteiger partial charge in [0.05, 0.1) is 13.7 Å². The second kappa shape index (κ2) is 5.93. The molecule has 0 radical (unpaired) electrons. The third kappa shape index (κ3) is 2.86. The van der Waals surface area contributed by atoms with Gasteiger partial charge in [-0.25, -0.2) is 4.79 Å². The highest BCUT2D eigenvalue weighted by molar-refractivity contribution is 7.98. The monoisotopic (exact) mass is 266 g/mol. The van der Waals surface area contributed by atoms with Gasteiger partial charge >= 0.3 is 5.63 Å². The predicted octanol–water partition coefficient (Wildman–Crippen LogP) is 2.03. The molecule has 0 amide bonds. The van der Waals surface area contributed by atoms with E-state index < -0.39 is 0 Å². The lowest BCUT2D eigenvalue weighted by atomic mass is 10.1. The fourth-order valence-corrected chi connectivity index (χ4v) is 2.44. The summed E-state index contributed by atoms with van der Waals surface area (Å²) in [5.74, 6) is 1.98. The molecule has 96 valence electrons. The fourth-order valence-electron chi connectivity index (χ4n) is 1.70. The normalized spacial score (nSPS) is 10.8. The number of thioether (sulfide) groups is 1. The topological polar surface area (TPSA) is 59.7 Å². The Bertz CT molecular complexity index is 591. The average molecular weight is 266 g/mol. The number of ether oxygens (including phenoxy) is 1. The Balaban J connectivity index is 2.42. The van der Waals surface area contributed by atoms with Crippen molar-refractivity contribution in [2.24, 2.45) is 0 Å². The molecule has 0 atom stereocenters. The molecule has 2 aromatic rings. The van der Waals surface area contributed by atoms with E-state index in [1.165, 1.54) is 6.07 Å². The number of fused-ring (bicyclic) bond motifs is 1. The predicted molar refractivity (Wildman–Crippen MR) is 72.3 cm³/mol. The van der Waals surface area contributed by atoms with Gasteiger partial charge in [0, 0.05) is 29.0 Å². The lowest BCUT2D eigenvalue weighted by Gasteiger charge is -2.06. The summed E-state index contributed by atoms with van der Waals surface area (Å²) >= 11 is 1.58. The second-order valence-electron chi connectivity index (χ2n) is 3.73. The van der Waals surface area contributed by atoms with Crippen molar-refractivity contribution in [3.8, 4) is 5.75 Å². The van der Waals surface area contributed by atoms with Crippen molar-refractivity contribution in [1.29, 1.82) is 0 Å². The maximum Gasteiger partial charge on any atom is 0.336 e. The van der Waals surface area contributed by atoms with Gasteiger partial charge in [-0.3, -0.25) is 0 Å². The van der Waals surface area contributed by atoms with Crippen molar-refractivity contribution in [2.45, 2.75) is 5.75 Å². The smallest absolute Gasteiger partial charge is 0.336 e. The van der Waals surface area contributed by atoms with Crippen LogP contribution >= 0.6 is 11.8 Å². The van der Waals surface area contributed by atoms with Crippen molar-refractivity contribution in [3.63, 3.8) is 0 Å². The van der Waals surface area contributed by atoms with Crippen LogP contribution in [0.2, 0.25) is 0 Å². The molecular formula is C13H14O4S. The minimum Gasteiger partial charge on any atom is -0.497 e. The minimum absolute atomic E-state index is 0.137. The molecule has 0 bridgehead atoms. The van der Waals surface area contributed by atoms with Crippen LogP contribution in [0.4, 0.5) is 0 Å². The SMILES string of the molecule is COc1ccc2c(CSCCO)cc(=O)oc2c1. The Labute approximate surface area is 109 Å². The van der Waals surface area contributed by atoms with Crippen molar-refractivity contribution in [1.82, 2.24) is 0 Å². The van der Waals surface area contributed by atoms with E-state index >= 15 is 0 Å². The Morgan fingerprint density at radius 1 is 1.39 bits per heavy atom. The number of aliphatic hydroxyl groups is 1. The molecule has 0 aliphatic carbocycles. The Hall–Kier alpha value is -1.46. The zero-order chi connectivity index (χ0) is 13.0. The maximum absolute atomic E-state index is 11.5. The van der Waals surface area contributed by atoms with Crippen LogP contribution in [0.25, 0.3) is 11.0 Å². The van der Waals surface area contributed by atoms with E-state index in [-0.39, 0.29) is 12.2 Å². The number of rotatable bonds is 5. The second-order valence-corrected chi connectivity index (χ2v) is 4.83. The number of methoxy groups -OCH3 is 1. The molecule has 4 nitrogen and oxygen atoms in total. The molecule has 0 spiro atoms. The van der Waals surface area contributed by atoms with Crippen LogP contribution in [0, 0.1) is 0 Å². The van der Waals surface area contributed by atoms with Crippen LogP contribution < -0.4 is 10.4 Å². The van der Waals surface area contributed by atoms with Gasteiger partial charge in [0.25, 0.3) is 0 Å². The summed E-state index contributed by atoms with van der Waals surface area (Å²) in [4.78, 5) is 11.5. The van der Waals surface area contributed by atoms with Gasteiger partial charge in [0.15, 0.2) is 0 Å². The first-order valence-electron chi connectivity index (χ1n) is 5.54. The summed E-state index contributed by atoms with van der Waals surface area (Å²) in [5.41, 5.74) is 1.08. The van der Waals surface area contributed by atoms with Crippen LogP contribution in [0.5, 0.6) is 5.75 Å². The summed E-state index contributed by atoms with van der Waals surface area (Å²) in [6.07, 6.45) is 0. The summed E-state index contributed by atoms with van der Waals surface area (Å²) in [7, 11) is 1.57. The van der Waals surface area contributed by atoms with E-state index in [9.17, 15) is 4.79 Å². The van der Waals surface area contributed by atoms with Gasteiger partial charge < -0.3 is 14.3 Å². The first kappa shape index (κ1) is 13.0. The number of hydrogen-bond donors (Lipinski definition) is 1. The number of aliphatic hydroxyl groups excluding tert-OH is 1. The van der Waals surface area contributed by atoms with Gasteiger partial charge in [-0.1, -0.05) is 0 Å². The van der Waals surface area contributed by atoms with Crippen molar-refractivity contribution >= 4 is 22.7 Å². The molecule has 0 aliphatic heterocycles. The van der Waals surface area contributed by atoms with Crippen molar-refractivity contribution < 1.29 is 14.3 Å². The number of hydrogen-bond acceptors (Lipinski definition) is 5. The summed E-state index contributed by atoms with van der Waals surface area (Å²) < 4.78 is 10.3. The molecule has 0 saturated carbocycles. The van der Waals surface area contributed by atoms with Gasteiger partial charge in [-0.15, -0.1) is 0 Å². The molecule has 1 aromatic heterocycles. The third-order valence-electron chi connectivity index (χ3n) is 2.53. The van der Waals surface area contributed by atoms with Crippen molar-refractivity contribution in [2.75, 3.05) is 19.5 Å². The summed E-state index contributed by atoms with van der Waals surface area (Å²) in [5, 5.41) is 9.67. The quantitative estimate of drug-likeness (QED) is 0.663. The molecule has 1 heterocycles. The van der Waals surface area contributed by atoms with Crippen LogP contribution in [0.3, 0.4) is 0 Å². The zero-order valence-electron chi connectivity index (χ0n) is 10.0. The Kier molecular flexibility index (Phi) is 4.28. The molecule has 1 N–H and O–H groups in total. The van der Waals surface area contributed by atoms with E-state index in [4.69, 9.17) is 14.3 Å². The van der Waals surface area contributed by atoms with E-state index in [0.29, 0.717) is 22.8 Å². The fraction of sp³-hybridized carbons (Fsp3) is 0.308. The third-order valence-corrected chi connectivity index (χ3v) is 3.52. The molecule has 0 aliphatic rings. The van der Waals surface area contributed by atoms with E-state index in [2.05, 4.69) is 0 Å². The molecule has 1 aromatic carbocycles. The Morgan fingerprint density at radius 3 is 2.94 bits per heavy atom. The minimum atomic E-state index is -0.365. The van der Waals surface area contributed by atoms with Crippen LogP contribution in [0.15, 0.2) is 33.5 Å². The van der Waals surface area contributed by atoms with Crippen LogP contribution in [0.1, 0.15) is 5.56 Å². The van der Waals surface area contributed by atoms with Gasteiger partial charge in [-0.05, 0) is 17.7 Å². The first-order valence-corrected chi connectivity index (χ1v) is 6.69. The molecule has 2 rings (SSSR count). The molecular weight excluding hydrogens is 252 g/mol. The zero-order valence-corrected chi connectivity index (χ0v) is 10.8. The van der Waals surface area contributed by atoms with E-state index in [1.54, 1.807) is 24.9 Å². The average Bonchev–Trinajstić information content (AvgIpc) is 2.38. The molecule has 0 unspecified atom stereocenters. The van der Waals surface area contributed by atoms with Crippen LogP contribution in [-0.2, 0) is 5.75 Å². The highest BCUT2D eigenvalue weighted by Crippen LogP contribution is 2.24. The lowest BCUT2D eigenvalue weighted by Crippen LogP contribution is -2.00. The standard InChI is InChI=1S/C13H14O4S/c1-16-10-2-3-11-9(8-18-5-4-14)6-13(15)17-12(11)7-10/h2-3,6-7,14H,4-5,8H2,1H3. The highest BCUT2D eigenvalue weighted by Gasteiger charge is 2.06. The molecule has 0 fully saturated rings. The Morgan fingerprint density at radius 2 is 2.22 bits per heavy atom. The van der Waals surface area contributed by atoms with Crippen LogP contribution in [-0.4, -0.2) is 24.6 Å². The first-order chi connectivity index (χ1) is 8.74. The molecule has 18 heavy (non-hydrogen) atoms. The largest absolute Gasteiger partial charge is 0.497 e. The number of benzene rings is 1. The van der Waals surface area contributed by atoms with Gasteiger partial charge in [0.1, 0.15) is 11.3 Å². The summed E-state index contributed by atoms with van der Waals surface area (Å²) in [6.45, 7) is 0.137. The highest BCUT2D eigenvalue weighted by atomic mass is 32.2. The van der Waals surface area contributed by atoms with Gasteiger partial charge in [0.2, 0.25) is 0 Å². The van der Waals surface area contributed by atoms with E-state index in [1.807, 2.05) is 12.1 Å². The van der Waals surface area contributed by atoms with E-state index in [0.717, 1.165) is 10.9 Å². The van der Waals surface area contributed by atoms with Crippen molar-refractivity contribution in [3.05, 3.63) is 40.2 Å². The molecule has 5 heteroatoms. The van der Waals surface area contributed by atoms with Gasteiger partial charge in [-0.2, -0.15) is 11.8 Å². The maximum atomic E-state index is 11.5.